The highest BCUT2D eigenvalue weighted by molar-refractivity contribution is 8.01. The molecule has 1 unspecified atom stereocenters. The maximum absolute atomic E-state index is 6.11. The van der Waals surface area contributed by atoms with Crippen molar-refractivity contribution in [3.05, 3.63) is 0 Å². The van der Waals surface area contributed by atoms with Gasteiger partial charge in [0, 0.05) is 11.9 Å². The van der Waals surface area contributed by atoms with E-state index < -0.39 is 0 Å². The van der Waals surface area contributed by atoms with Crippen LogP contribution in [0, 0.1) is 5.92 Å². The Morgan fingerprint density at radius 1 is 1.27 bits per heavy atom. The Labute approximate surface area is 97.1 Å². The quantitative estimate of drug-likeness (QED) is 0.739. The van der Waals surface area contributed by atoms with Crippen LogP contribution < -0.4 is 0 Å². The molecule has 0 aromatic heterocycles. The lowest BCUT2D eigenvalue weighted by atomic mass is 10.0. The minimum absolute atomic E-state index is 0.0763. The highest BCUT2D eigenvalue weighted by atomic mass is 32.2. The van der Waals surface area contributed by atoms with Gasteiger partial charge in [0.1, 0.15) is 0 Å². The van der Waals surface area contributed by atoms with Gasteiger partial charge in [-0.15, -0.1) is 0 Å². The number of thioether (sulfide) groups is 1. The summed E-state index contributed by atoms with van der Waals surface area (Å²) in [6.07, 6.45) is 5.33. The molecule has 15 heavy (non-hydrogen) atoms. The molecule has 0 bridgehead atoms. The first kappa shape index (κ1) is 11.7. The molecule has 0 saturated carbocycles. The van der Waals surface area contributed by atoms with E-state index in [4.69, 9.17) is 9.47 Å². The maximum atomic E-state index is 6.11. The van der Waals surface area contributed by atoms with Gasteiger partial charge >= 0.3 is 0 Å². The van der Waals surface area contributed by atoms with Crippen molar-refractivity contribution in [2.75, 3.05) is 12.4 Å². The second kappa shape index (κ2) is 5.55. The molecule has 3 atom stereocenters. The molecule has 2 fully saturated rings. The normalized spacial score (nSPS) is 33.8. The Balaban J connectivity index is 1.81. The van der Waals surface area contributed by atoms with Crippen LogP contribution >= 0.6 is 11.8 Å². The predicted molar refractivity (Wildman–Crippen MR) is 64.2 cm³/mol. The van der Waals surface area contributed by atoms with Gasteiger partial charge < -0.3 is 9.47 Å². The fraction of sp³-hybridized carbons (Fsp3) is 1.00. The van der Waals surface area contributed by atoms with Crippen LogP contribution in [0.25, 0.3) is 0 Å². The molecule has 0 N–H and O–H groups in total. The van der Waals surface area contributed by atoms with E-state index in [1.54, 1.807) is 0 Å². The van der Waals surface area contributed by atoms with Crippen molar-refractivity contribution < 1.29 is 9.47 Å². The van der Waals surface area contributed by atoms with E-state index in [1.165, 1.54) is 25.0 Å². The van der Waals surface area contributed by atoms with Crippen molar-refractivity contribution in [1.82, 2.24) is 0 Å². The Hall–Kier alpha value is 0.270. The third kappa shape index (κ3) is 3.11. The lowest BCUT2D eigenvalue weighted by molar-refractivity contribution is -0.196. The van der Waals surface area contributed by atoms with Crippen molar-refractivity contribution in [2.45, 2.75) is 57.2 Å². The van der Waals surface area contributed by atoms with Gasteiger partial charge in [0.25, 0.3) is 0 Å². The highest BCUT2D eigenvalue weighted by Gasteiger charge is 2.33. The SMILES string of the molecule is CC(C)[C@H](OC1CCCCO1)[C@H]1CCS1. The summed E-state index contributed by atoms with van der Waals surface area (Å²) in [6, 6.07) is 0. The van der Waals surface area contributed by atoms with Crippen LogP contribution in [0.4, 0.5) is 0 Å². The molecule has 0 amide bonds. The second-order valence-corrected chi connectivity index (χ2v) is 6.19. The fourth-order valence-electron chi connectivity index (χ4n) is 2.18. The Morgan fingerprint density at radius 3 is 2.53 bits per heavy atom. The highest BCUT2D eigenvalue weighted by Crippen LogP contribution is 2.36. The van der Waals surface area contributed by atoms with Crippen molar-refractivity contribution in [3.8, 4) is 0 Å². The van der Waals surface area contributed by atoms with Gasteiger partial charge in [-0.2, -0.15) is 11.8 Å². The molecule has 0 aromatic rings. The van der Waals surface area contributed by atoms with E-state index in [1.807, 2.05) is 11.8 Å². The van der Waals surface area contributed by atoms with Crippen molar-refractivity contribution in [2.24, 2.45) is 5.92 Å². The summed E-state index contributed by atoms with van der Waals surface area (Å²) in [5.41, 5.74) is 0. The fourth-order valence-corrected chi connectivity index (χ4v) is 3.26. The van der Waals surface area contributed by atoms with Crippen molar-refractivity contribution in [1.29, 1.82) is 0 Å². The maximum Gasteiger partial charge on any atom is 0.158 e. The number of rotatable bonds is 4. The molecule has 3 heteroatoms. The lowest BCUT2D eigenvalue weighted by Crippen LogP contribution is -2.41. The smallest absolute Gasteiger partial charge is 0.158 e. The van der Waals surface area contributed by atoms with Crippen LogP contribution in [0.1, 0.15) is 39.5 Å². The van der Waals surface area contributed by atoms with Gasteiger partial charge in [0.05, 0.1) is 6.10 Å². The average Bonchev–Trinajstić information content (AvgIpc) is 2.15. The van der Waals surface area contributed by atoms with E-state index in [0.29, 0.717) is 12.0 Å². The molecule has 2 saturated heterocycles. The molecule has 0 aliphatic carbocycles. The zero-order valence-electron chi connectivity index (χ0n) is 9.78. The molecule has 0 spiro atoms. The number of ether oxygens (including phenoxy) is 2. The summed E-state index contributed by atoms with van der Waals surface area (Å²) in [5.74, 6) is 1.91. The largest absolute Gasteiger partial charge is 0.353 e. The third-order valence-corrected chi connectivity index (χ3v) is 4.61. The molecule has 2 heterocycles. The van der Waals surface area contributed by atoms with Crippen LogP contribution in [-0.2, 0) is 9.47 Å². The van der Waals surface area contributed by atoms with E-state index in [-0.39, 0.29) is 6.29 Å². The lowest BCUT2D eigenvalue weighted by Gasteiger charge is -2.38. The van der Waals surface area contributed by atoms with E-state index in [2.05, 4.69) is 13.8 Å². The summed E-state index contributed by atoms with van der Waals surface area (Å²) < 4.78 is 11.8. The number of hydrogen-bond donors (Lipinski definition) is 0. The zero-order valence-corrected chi connectivity index (χ0v) is 10.6. The first-order chi connectivity index (χ1) is 7.27. The van der Waals surface area contributed by atoms with Gasteiger partial charge in [-0.05, 0) is 37.4 Å². The summed E-state index contributed by atoms with van der Waals surface area (Å²) in [7, 11) is 0. The number of hydrogen-bond acceptors (Lipinski definition) is 3. The summed E-state index contributed by atoms with van der Waals surface area (Å²) in [4.78, 5) is 0. The Kier molecular flexibility index (Phi) is 4.35. The molecule has 2 nitrogen and oxygen atoms in total. The zero-order chi connectivity index (χ0) is 10.7. The summed E-state index contributed by atoms with van der Waals surface area (Å²) in [5, 5.41) is 0.718. The predicted octanol–water partition coefficient (Wildman–Crippen LogP) is 3.06. The first-order valence-corrected chi connectivity index (χ1v) is 7.21. The van der Waals surface area contributed by atoms with Crippen LogP contribution in [0.2, 0.25) is 0 Å². The molecule has 88 valence electrons. The molecule has 0 aromatic carbocycles. The van der Waals surface area contributed by atoms with E-state index >= 15 is 0 Å². The van der Waals surface area contributed by atoms with E-state index in [9.17, 15) is 0 Å². The Bertz CT molecular complexity index is 186. The first-order valence-electron chi connectivity index (χ1n) is 6.16. The topological polar surface area (TPSA) is 18.5 Å². The van der Waals surface area contributed by atoms with Gasteiger partial charge in [-0.3, -0.25) is 0 Å². The molecular formula is C12H22O2S. The van der Waals surface area contributed by atoms with Crippen molar-refractivity contribution in [3.63, 3.8) is 0 Å². The molecule has 2 rings (SSSR count). The average molecular weight is 230 g/mol. The van der Waals surface area contributed by atoms with Crippen LogP contribution in [0.5, 0.6) is 0 Å². The third-order valence-electron chi connectivity index (χ3n) is 3.20. The molecule has 2 aliphatic heterocycles. The van der Waals surface area contributed by atoms with Crippen molar-refractivity contribution >= 4 is 11.8 Å². The standard InChI is InChI=1S/C12H22O2S/c1-9(2)12(10-6-8-15-10)14-11-5-3-4-7-13-11/h9-12H,3-8H2,1-2H3/t10-,11?,12+/m1/s1. The Morgan fingerprint density at radius 2 is 2.07 bits per heavy atom. The monoisotopic (exact) mass is 230 g/mol. The minimum atomic E-state index is 0.0763. The van der Waals surface area contributed by atoms with Crippen LogP contribution in [-0.4, -0.2) is 30.0 Å². The molecule has 0 radical (unpaired) electrons. The van der Waals surface area contributed by atoms with Gasteiger partial charge in [0.15, 0.2) is 6.29 Å². The van der Waals surface area contributed by atoms with E-state index in [0.717, 1.165) is 18.3 Å². The van der Waals surface area contributed by atoms with Gasteiger partial charge in [-0.25, -0.2) is 0 Å². The molecular weight excluding hydrogens is 208 g/mol. The molecule has 2 aliphatic rings. The summed E-state index contributed by atoms with van der Waals surface area (Å²) >= 11 is 2.05. The van der Waals surface area contributed by atoms with Gasteiger partial charge in [0.2, 0.25) is 0 Å². The minimum Gasteiger partial charge on any atom is -0.353 e. The summed E-state index contributed by atoms with van der Waals surface area (Å²) in [6.45, 7) is 5.39. The second-order valence-electron chi connectivity index (χ2n) is 4.84. The van der Waals surface area contributed by atoms with Gasteiger partial charge in [-0.1, -0.05) is 13.8 Å². The van der Waals surface area contributed by atoms with Crippen LogP contribution in [0.15, 0.2) is 0 Å². The van der Waals surface area contributed by atoms with Crippen LogP contribution in [0.3, 0.4) is 0 Å².